The zero-order chi connectivity index (χ0) is 27.9. The summed E-state index contributed by atoms with van der Waals surface area (Å²) >= 11 is 0. The molecule has 2 aromatic rings. The molecule has 2 aromatic carbocycles. The van der Waals surface area contributed by atoms with Gasteiger partial charge in [0.05, 0.1) is 6.04 Å². The topological polar surface area (TPSA) is 99.8 Å². The first-order valence-corrected chi connectivity index (χ1v) is 13.8. The van der Waals surface area contributed by atoms with Crippen LogP contribution < -0.4 is 20.7 Å². The molecule has 39 heavy (non-hydrogen) atoms. The number of rotatable bonds is 3. The zero-order valence-electron chi connectivity index (χ0n) is 22.9. The molecule has 210 valence electrons. The molecule has 0 radical (unpaired) electrons. The van der Waals surface area contributed by atoms with Crippen molar-refractivity contribution in [2.24, 2.45) is 11.8 Å². The minimum absolute atomic E-state index is 0.111. The molecule has 1 aliphatic carbocycles. The lowest BCUT2D eigenvalue weighted by Gasteiger charge is -2.30. The van der Waals surface area contributed by atoms with Gasteiger partial charge in [-0.25, -0.2) is 4.39 Å². The molecule has 2 unspecified atom stereocenters. The summed E-state index contributed by atoms with van der Waals surface area (Å²) in [4.78, 5) is 41.4. The molecule has 0 aromatic heterocycles. The highest BCUT2D eigenvalue weighted by Crippen LogP contribution is 2.33. The first-order valence-electron chi connectivity index (χ1n) is 13.8. The first kappa shape index (κ1) is 28.5. The van der Waals surface area contributed by atoms with Crippen LogP contribution in [0.1, 0.15) is 37.8 Å². The second-order valence-electron chi connectivity index (χ2n) is 10.8. The maximum absolute atomic E-state index is 13.5. The summed E-state index contributed by atoms with van der Waals surface area (Å²) in [5.41, 5.74) is 1.76. The smallest absolute Gasteiger partial charge is 0.243 e. The number of nitrogens with one attached hydrogen (secondary N) is 3. The maximum atomic E-state index is 13.5. The number of hydrogen-bond acceptors (Lipinski definition) is 5. The van der Waals surface area contributed by atoms with Crippen LogP contribution in [-0.2, 0) is 27.2 Å². The second kappa shape index (κ2) is 13.1. The van der Waals surface area contributed by atoms with E-state index in [0.717, 1.165) is 24.2 Å². The lowest BCUT2D eigenvalue weighted by atomic mass is 9.99. The minimum Gasteiger partial charge on any atom is -0.492 e. The van der Waals surface area contributed by atoms with Crippen LogP contribution >= 0.6 is 0 Å². The van der Waals surface area contributed by atoms with E-state index in [2.05, 4.69) is 16.0 Å². The van der Waals surface area contributed by atoms with Crippen molar-refractivity contribution in [2.75, 3.05) is 26.7 Å². The number of fused-ring (bicyclic) bond motifs is 1. The van der Waals surface area contributed by atoms with Crippen LogP contribution in [0.25, 0.3) is 0 Å². The fourth-order valence-electron chi connectivity index (χ4n) is 4.86. The van der Waals surface area contributed by atoms with E-state index in [1.54, 1.807) is 26.1 Å². The standard InChI is InChI=1S/C30H39FN4O4/c1-19-16-23-6-4-5-7-26(23)39-15-14-32-27(22-10-11-22)30(38)35(3)20(2)28(36)34-25(29(37)33-18-19)17-21-8-12-24(31)13-9-21/h4-9,12-13,19-20,22,25,27,32H,10-11,14-18H2,1-3H3,(H,33,37)(H,34,36)/t19?,20-,25-,27?/m1/s1. The quantitative estimate of drug-likeness (QED) is 0.558. The van der Waals surface area contributed by atoms with Gasteiger partial charge in [-0.05, 0) is 67.3 Å². The molecule has 1 aliphatic heterocycles. The molecule has 9 heteroatoms. The molecule has 3 amide bonds. The van der Waals surface area contributed by atoms with E-state index in [0.29, 0.717) is 31.7 Å². The van der Waals surface area contributed by atoms with Gasteiger partial charge < -0.3 is 25.6 Å². The van der Waals surface area contributed by atoms with Gasteiger partial charge in [0.25, 0.3) is 0 Å². The summed E-state index contributed by atoms with van der Waals surface area (Å²) < 4.78 is 19.5. The molecule has 0 bridgehead atoms. The van der Waals surface area contributed by atoms with Crippen molar-refractivity contribution >= 4 is 17.7 Å². The van der Waals surface area contributed by atoms with E-state index in [1.807, 2.05) is 31.2 Å². The van der Waals surface area contributed by atoms with Crippen LogP contribution in [0.5, 0.6) is 5.75 Å². The second-order valence-corrected chi connectivity index (χ2v) is 10.8. The summed E-state index contributed by atoms with van der Waals surface area (Å²) in [6.07, 6.45) is 2.81. The average Bonchev–Trinajstić information content (AvgIpc) is 3.77. The molecule has 1 heterocycles. The molecular formula is C30H39FN4O4. The van der Waals surface area contributed by atoms with Gasteiger partial charge in [-0.3, -0.25) is 14.4 Å². The molecule has 0 spiro atoms. The Balaban J connectivity index is 1.57. The number of benzene rings is 2. The predicted molar refractivity (Wildman–Crippen MR) is 147 cm³/mol. The number of likely N-dealkylation sites (N-methyl/N-ethyl adjacent to an activating group) is 1. The highest BCUT2D eigenvalue weighted by Gasteiger charge is 2.39. The summed E-state index contributed by atoms with van der Waals surface area (Å²) in [6.45, 7) is 5.02. The third-order valence-corrected chi connectivity index (χ3v) is 7.54. The van der Waals surface area contributed by atoms with Gasteiger partial charge in [0.15, 0.2) is 0 Å². The van der Waals surface area contributed by atoms with Crippen molar-refractivity contribution < 1.29 is 23.5 Å². The molecule has 3 N–H and O–H groups in total. The Morgan fingerprint density at radius 2 is 1.72 bits per heavy atom. The highest BCUT2D eigenvalue weighted by molar-refractivity contribution is 5.93. The number of carbonyl (C=O) groups excluding carboxylic acids is 3. The van der Waals surface area contributed by atoms with Crippen molar-refractivity contribution in [3.8, 4) is 5.75 Å². The van der Waals surface area contributed by atoms with Crippen molar-refractivity contribution in [3.05, 3.63) is 65.5 Å². The monoisotopic (exact) mass is 538 g/mol. The largest absolute Gasteiger partial charge is 0.492 e. The van der Waals surface area contributed by atoms with Crippen molar-refractivity contribution in [1.82, 2.24) is 20.9 Å². The van der Waals surface area contributed by atoms with Crippen LogP contribution in [0, 0.1) is 17.7 Å². The van der Waals surface area contributed by atoms with E-state index in [1.165, 1.54) is 17.0 Å². The van der Waals surface area contributed by atoms with Crippen molar-refractivity contribution in [3.63, 3.8) is 0 Å². The van der Waals surface area contributed by atoms with Gasteiger partial charge in [0, 0.05) is 26.6 Å². The molecule has 1 saturated carbocycles. The van der Waals surface area contributed by atoms with Gasteiger partial charge in [-0.2, -0.15) is 0 Å². The fraction of sp³-hybridized carbons (Fsp3) is 0.500. The van der Waals surface area contributed by atoms with Gasteiger partial charge in [0.1, 0.15) is 30.3 Å². The molecular weight excluding hydrogens is 499 g/mol. The number of ether oxygens (including phenoxy) is 1. The van der Waals surface area contributed by atoms with E-state index in [9.17, 15) is 18.8 Å². The van der Waals surface area contributed by atoms with E-state index in [-0.39, 0.29) is 35.9 Å². The molecule has 1 fully saturated rings. The number of halogens is 1. The predicted octanol–water partition coefficient (Wildman–Crippen LogP) is 2.46. The lowest BCUT2D eigenvalue weighted by Crippen LogP contribution is -2.57. The Kier molecular flexibility index (Phi) is 9.56. The van der Waals surface area contributed by atoms with Crippen molar-refractivity contribution in [2.45, 2.75) is 57.7 Å². The van der Waals surface area contributed by atoms with Gasteiger partial charge in [0.2, 0.25) is 17.7 Å². The summed E-state index contributed by atoms with van der Waals surface area (Å²) in [5, 5.41) is 9.17. The highest BCUT2D eigenvalue weighted by atomic mass is 19.1. The maximum Gasteiger partial charge on any atom is 0.243 e. The number of para-hydroxylation sites is 1. The van der Waals surface area contributed by atoms with E-state index in [4.69, 9.17) is 4.74 Å². The third-order valence-electron chi connectivity index (χ3n) is 7.54. The average molecular weight is 539 g/mol. The van der Waals surface area contributed by atoms with Crippen LogP contribution in [0.15, 0.2) is 48.5 Å². The van der Waals surface area contributed by atoms with Crippen LogP contribution in [0.2, 0.25) is 0 Å². The summed E-state index contributed by atoms with van der Waals surface area (Å²) in [5.74, 6) is -0.151. The van der Waals surface area contributed by atoms with Gasteiger partial charge in [-0.15, -0.1) is 0 Å². The SMILES string of the molecule is CC1CNC(=O)[C@@H](Cc2ccc(F)cc2)NC(=O)[C@@H](C)N(C)C(=O)C(C2CC2)NCCOc2ccccc2C1. The molecule has 2 aliphatic rings. The van der Waals surface area contributed by atoms with Crippen LogP contribution in [0.3, 0.4) is 0 Å². The summed E-state index contributed by atoms with van der Waals surface area (Å²) in [6, 6.07) is 11.6. The fourth-order valence-corrected chi connectivity index (χ4v) is 4.86. The summed E-state index contributed by atoms with van der Waals surface area (Å²) in [7, 11) is 1.62. The number of hydrogen-bond donors (Lipinski definition) is 3. The molecule has 4 rings (SSSR count). The van der Waals surface area contributed by atoms with Crippen molar-refractivity contribution in [1.29, 1.82) is 0 Å². The molecule has 8 nitrogen and oxygen atoms in total. The van der Waals surface area contributed by atoms with Crippen LogP contribution in [-0.4, -0.2) is 67.5 Å². The minimum atomic E-state index is -0.882. The third kappa shape index (κ3) is 7.79. The molecule has 4 atom stereocenters. The Labute approximate surface area is 229 Å². The first-order chi connectivity index (χ1) is 18.7. The number of carbonyl (C=O) groups is 3. The van der Waals surface area contributed by atoms with Crippen LogP contribution in [0.4, 0.5) is 4.39 Å². The Morgan fingerprint density at radius 3 is 2.44 bits per heavy atom. The number of amides is 3. The Bertz CT molecular complexity index is 1150. The lowest BCUT2D eigenvalue weighted by molar-refractivity contribution is -0.141. The van der Waals surface area contributed by atoms with E-state index < -0.39 is 24.0 Å². The Hall–Kier alpha value is -3.46. The van der Waals surface area contributed by atoms with E-state index >= 15 is 0 Å². The Morgan fingerprint density at radius 1 is 1.00 bits per heavy atom. The zero-order valence-corrected chi connectivity index (χ0v) is 22.9. The van der Waals surface area contributed by atoms with Gasteiger partial charge in [-0.1, -0.05) is 37.3 Å². The normalized spacial score (nSPS) is 25.9. The van der Waals surface area contributed by atoms with Gasteiger partial charge >= 0.3 is 0 Å². The number of nitrogens with zero attached hydrogens (tertiary/aromatic N) is 1. The molecule has 0 saturated heterocycles.